The van der Waals surface area contributed by atoms with Crippen LogP contribution < -0.4 is 9.47 Å². The summed E-state index contributed by atoms with van der Waals surface area (Å²) >= 11 is 6.26. The van der Waals surface area contributed by atoms with E-state index < -0.39 is 0 Å². The molecule has 0 radical (unpaired) electrons. The molecule has 130 valence electrons. The first-order chi connectivity index (χ1) is 11.0. The highest BCUT2D eigenvalue weighted by molar-refractivity contribution is 6.30. The highest BCUT2D eigenvalue weighted by Crippen LogP contribution is 2.36. The largest absolute Gasteiger partial charge is 0.493 e. The molecule has 1 fully saturated rings. The van der Waals surface area contributed by atoms with Gasteiger partial charge in [0.15, 0.2) is 11.5 Å². The smallest absolute Gasteiger partial charge is 0.166 e. The summed E-state index contributed by atoms with van der Waals surface area (Å²) < 4.78 is 16.8. The van der Waals surface area contributed by atoms with E-state index in [1.165, 1.54) is 12.8 Å². The van der Waals surface area contributed by atoms with Crippen molar-refractivity contribution in [3.05, 3.63) is 22.7 Å². The number of hydrogen-bond donors (Lipinski definition) is 0. The standard InChI is InChI=1S/C18H28ClNO3/c1-13(2)23-18-15(8-16(19)9-17(18)22-4)11-20-7-5-6-14(10-20)12-21-3/h8-9,13-14H,5-7,10-12H2,1-4H3/t14-/m1/s1. The van der Waals surface area contributed by atoms with Gasteiger partial charge in [-0.2, -0.15) is 0 Å². The predicted molar refractivity (Wildman–Crippen MR) is 93.6 cm³/mol. The van der Waals surface area contributed by atoms with Gasteiger partial charge in [-0.1, -0.05) is 11.6 Å². The van der Waals surface area contributed by atoms with Gasteiger partial charge in [-0.25, -0.2) is 0 Å². The van der Waals surface area contributed by atoms with Crippen molar-refractivity contribution in [3.8, 4) is 11.5 Å². The molecule has 0 N–H and O–H groups in total. The van der Waals surface area contributed by atoms with Crippen LogP contribution >= 0.6 is 11.6 Å². The molecule has 0 aromatic heterocycles. The minimum Gasteiger partial charge on any atom is -0.493 e. The summed E-state index contributed by atoms with van der Waals surface area (Å²) in [6.45, 7) is 7.82. The lowest BCUT2D eigenvalue weighted by molar-refractivity contribution is 0.0865. The number of benzene rings is 1. The maximum atomic E-state index is 6.26. The Morgan fingerprint density at radius 1 is 1.30 bits per heavy atom. The van der Waals surface area contributed by atoms with Crippen molar-refractivity contribution in [2.75, 3.05) is 33.9 Å². The van der Waals surface area contributed by atoms with Crippen molar-refractivity contribution in [2.24, 2.45) is 5.92 Å². The van der Waals surface area contributed by atoms with Gasteiger partial charge in [0, 0.05) is 36.9 Å². The van der Waals surface area contributed by atoms with Crippen LogP contribution in [0.15, 0.2) is 12.1 Å². The summed E-state index contributed by atoms with van der Waals surface area (Å²) in [5.74, 6) is 2.11. The number of halogens is 1. The Kier molecular flexibility index (Phi) is 7.00. The van der Waals surface area contributed by atoms with Gasteiger partial charge in [-0.15, -0.1) is 0 Å². The highest BCUT2D eigenvalue weighted by Gasteiger charge is 2.22. The van der Waals surface area contributed by atoms with E-state index >= 15 is 0 Å². The van der Waals surface area contributed by atoms with Crippen molar-refractivity contribution in [1.29, 1.82) is 0 Å². The molecule has 1 heterocycles. The zero-order chi connectivity index (χ0) is 16.8. The fraction of sp³-hybridized carbons (Fsp3) is 0.667. The lowest BCUT2D eigenvalue weighted by atomic mass is 9.98. The summed E-state index contributed by atoms with van der Waals surface area (Å²) in [4.78, 5) is 2.45. The number of nitrogens with zero attached hydrogens (tertiary/aromatic N) is 1. The topological polar surface area (TPSA) is 30.9 Å². The second-order valence-corrected chi connectivity index (χ2v) is 6.90. The third-order valence-corrected chi connectivity index (χ3v) is 4.29. The van der Waals surface area contributed by atoms with E-state index in [-0.39, 0.29) is 6.10 Å². The Hall–Kier alpha value is -0.970. The van der Waals surface area contributed by atoms with Crippen molar-refractivity contribution in [3.63, 3.8) is 0 Å². The number of rotatable bonds is 7. The van der Waals surface area contributed by atoms with Crippen LogP contribution in [0.4, 0.5) is 0 Å². The van der Waals surface area contributed by atoms with E-state index in [1.807, 2.05) is 26.0 Å². The summed E-state index contributed by atoms with van der Waals surface area (Å²) in [5, 5.41) is 0.679. The van der Waals surface area contributed by atoms with Crippen LogP contribution in [-0.2, 0) is 11.3 Å². The molecule has 0 bridgehead atoms. The quantitative estimate of drug-likeness (QED) is 0.750. The van der Waals surface area contributed by atoms with Gasteiger partial charge in [0.25, 0.3) is 0 Å². The molecule has 0 saturated carbocycles. The van der Waals surface area contributed by atoms with Gasteiger partial charge in [0.1, 0.15) is 0 Å². The first-order valence-electron chi connectivity index (χ1n) is 8.27. The van der Waals surface area contributed by atoms with Gasteiger partial charge in [-0.3, -0.25) is 4.90 Å². The molecule has 5 heteroatoms. The Morgan fingerprint density at radius 2 is 2.09 bits per heavy atom. The SMILES string of the molecule is COC[C@@H]1CCCN(Cc2cc(Cl)cc(OC)c2OC(C)C)C1. The number of methoxy groups -OCH3 is 2. The van der Waals surface area contributed by atoms with Crippen LogP contribution in [0.2, 0.25) is 5.02 Å². The number of likely N-dealkylation sites (tertiary alicyclic amines) is 1. The molecule has 1 aromatic rings. The lowest BCUT2D eigenvalue weighted by Crippen LogP contribution is -2.36. The molecule has 2 rings (SSSR count). The van der Waals surface area contributed by atoms with Crippen LogP contribution in [0.25, 0.3) is 0 Å². The highest BCUT2D eigenvalue weighted by atomic mass is 35.5. The molecule has 1 saturated heterocycles. The lowest BCUT2D eigenvalue weighted by Gasteiger charge is -2.33. The second kappa shape index (κ2) is 8.76. The summed E-state index contributed by atoms with van der Waals surface area (Å²) in [6, 6.07) is 3.80. The molecule has 23 heavy (non-hydrogen) atoms. The summed E-state index contributed by atoms with van der Waals surface area (Å²) in [6.07, 6.45) is 2.52. The third kappa shape index (κ3) is 5.27. The zero-order valence-electron chi connectivity index (χ0n) is 14.6. The van der Waals surface area contributed by atoms with E-state index in [2.05, 4.69) is 4.90 Å². The fourth-order valence-corrected chi connectivity index (χ4v) is 3.40. The molecule has 0 aliphatic carbocycles. The van der Waals surface area contributed by atoms with Gasteiger partial charge >= 0.3 is 0 Å². The van der Waals surface area contributed by atoms with Crippen molar-refractivity contribution >= 4 is 11.6 Å². The number of hydrogen-bond acceptors (Lipinski definition) is 4. The van der Waals surface area contributed by atoms with Crippen LogP contribution in [0.5, 0.6) is 11.5 Å². The minimum absolute atomic E-state index is 0.0893. The molecule has 0 amide bonds. The Labute approximate surface area is 144 Å². The second-order valence-electron chi connectivity index (χ2n) is 6.46. The molecule has 4 nitrogen and oxygen atoms in total. The van der Waals surface area contributed by atoms with Gasteiger partial charge in [0.05, 0.1) is 19.8 Å². The molecule has 1 atom stereocenters. The normalized spacial score (nSPS) is 19.1. The maximum Gasteiger partial charge on any atom is 0.166 e. The molecule has 1 aliphatic heterocycles. The van der Waals surface area contributed by atoms with Crippen LogP contribution in [0, 0.1) is 5.92 Å². The fourth-order valence-electron chi connectivity index (χ4n) is 3.17. The molecule has 1 aliphatic rings. The maximum absolute atomic E-state index is 6.26. The van der Waals surface area contributed by atoms with Gasteiger partial charge in [0.2, 0.25) is 0 Å². The summed E-state index contributed by atoms with van der Waals surface area (Å²) in [5.41, 5.74) is 1.08. The monoisotopic (exact) mass is 341 g/mol. The van der Waals surface area contributed by atoms with E-state index in [9.17, 15) is 0 Å². The first-order valence-corrected chi connectivity index (χ1v) is 8.65. The molecular weight excluding hydrogens is 314 g/mol. The third-order valence-electron chi connectivity index (χ3n) is 4.07. The van der Waals surface area contributed by atoms with E-state index in [4.69, 9.17) is 25.8 Å². The average molecular weight is 342 g/mol. The van der Waals surface area contributed by atoms with Crippen molar-refractivity contribution in [1.82, 2.24) is 4.90 Å². The molecule has 0 spiro atoms. The van der Waals surface area contributed by atoms with Crippen molar-refractivity contribution < 1.29 is 14.2 Å². The predicted octanol–water partition coefficient (Wildman–Crippen LogP) is 3.99. The number of ether oxygens (including phenoxy) is 3. The zero-order valence-corrected chi connectivity index (χ0v) is 15.4. The first kappa shape index (κ1) is 18.4. The average Bonchev–Trinajstić information content (AvgIpc) is 2.50. The van der Waals surface area contributed by atoms with Crippen LogP contribution in [0.3, 0.4) is 0 Å². The molecule has 0 unspecified atom stereocenters. The Bertz CT molecular complexity index is 505. The van der Waals surface area contributed by atoms with Gasteiger partial charge < -0.3 is 14.2 Å². The van der Waals surface area contributed by atoms with Crippen LogP contribution in [-0.4, -0.2) is 44.9 Å². The number of piperidine rings is 1. The van der Waals surface area contributed by atoms with E-state index in [0.717, 1.165) is 37.6 Å². The van der Waals surface area contributed by atoms with E-state index in [0.29, 0.717) is 16.7 Å². The molecule has 1 aromatic carbocycles. The van der Waals surface area contributed by atoms with Crippen LogP contribution in [0.1, 0.15) is 32.3 Å². The molecular formula is C18H28ClNO3. The Morgan fingerprint density at radius 3 is 2.74 bits per heavy atom. The van der Waals surface area contributed by atoms with E-state index in [1.54, 1.807) is 14.2 Å². The van der Waals surface area contributed by atoms with Gasteiger partial charge in [-0.05, 0) is 45.2 Å². The minimum atomic E-state index is 0.0893. The summed E-state index contributed by atoms with van der Waals surface area (Å²) in [7, 11) is 3.42. The Balaban J connectivity index is 2.18. The van der Waals surface area contributed by atoms with Crippen molar-refractivity contribution in [2.45, 2.75) is 39.3 Å².